The number of halogens is 1. The molecule has 2 aromatic carbocycles. The summed E-state index contributed by atoms with van der Waals surface area (Å²) in [5.74, 6) is -0.859. The summed E-state index contributed by atoms with van der Waals surface area (Å²) in [7, 11) is -8.78. The van der Waals surface area contributed by atoms with E-state index in [0.29, 0.717) is 11.0 Å². The molecule has 0 saturated heterocycles. The quantitative estimate of drug-likeness (QED) is 0.357. The number of sulfonamides is 1. The van der Waals surface area contributed by atoms with Gasteiger partial charge in [0.1, 0.15) is 10.5 Å². The molecule has 0 fully saturated rings. The number of benzene rings is 2. The van der Waals surface area contributed by atoms with Crippen LogP contribution >= 0.6 is 11.6 Å². The lowest BCUT2D eigenvalue weighted by molar-refractivity contribution is 0.0521. The number of nitrogens with one attached hydrogen (secondary N) is 1. The van der Waals surface area contributed by atoms with E-state index in [4.69, 9.17) is 20.8 Å². The number of ether oxygens (including phenoxy) is 1. The summed E-state index contributed by atoms with van der Waals surface area (Å²) in [5.41, 5.74) is -0.222. The summed E-state index contributed by atoms with van der Waals surface area (Å²) < 4.78 is 65.7. The number of anilines is 1. The van der Waals surface area contributed by atoms with Gasteiger partial charge in [0, 0.05) is 28.9 Å². The summed E-state index contributed by atoms with van der Waals surface area (Å²) in [6.45, 7) is 1.61. The minimum atomic E-state index is -4.44. The Hall–Kier alpha value is -3.41. The van der Waals surface area contributed by atoms with E-state index in [9.17, 15) is 21.6 Å². The average molecular weight is 521 g/mol. The third-order valence-electron chi connectivity index (χ3n) is 4.71. The minimum Gasteiger partial charge on any atom is -0.462 e. The number of carbonyl (C=O) groups is 1. The zero-order chi connectivity index (χ0) is 24.5. The van der Waals surface area contributed by atoms with Gasteiger partial charge in [0.2, 0.25) is 14.9 Å². The van der Waals surface area contributed by atoms with Gasteiger partial charge in [-0.05, 0) is 37.3 Å². The summed E-state index contributed by atoms with van der Waals surface area (Å²) in [6.07, 6.45) is 2.24. The van der Waals surface area contributed by atoms with E-state index in [0.717, 1.165) is 18.3 Å². The number of furan rings is 1. The number of para-hydroxylation sites is 1. The number of hydrogen-bond acceptors (Lipinski definition) is 8. The molecule has 0 aliphatic carbocycles. The molecule has 4 rings (SSSR count). The Kier molecular flexibility index (Phi) is 6.34. The molecule has 0 radical (unpaired) electrons. The van der Waals surface area contributed by atoms with Crippen LogP contribution in [0.4, 0.5) is 5.69 Å². The second-order valence-corrected chi connectivity index (χ2v) is 10.9. The molecule has 0 aliphatic heterocycles. The topological polar surface area (TPSA) is 133 Å². The van der Waals surface area contributed by atoms with E-state index in [2.05, 4.69) is 9.71 Å². The minimum absolute atomic E-state index is 0.0319. The summed E-state index contributed by atoms with van der Waals surface area (Å²) in [6, 6.07) is 12.8. The first kappa shape index (κ1) is 23.7. The fourth-order valence-corrected chi connectivity index (χ4v) is 5.99. The van der Waals surface area contributed by atoms with Gasteiger partial charge in [-0.2, -0.15) is 8.42 Å². The van der Waals surface area contributed by atoms with Crippen molar-refractivity contribution in [3.05, 3.63) is 77.6 Å². The number of hydrogen-bond donors (Lipinski definition) is 1. The second-order valence-electron chi connectivity index (χ2n) is 6.94. The molecule has 2 heterocycles. The Bertz CT molecular complexity index is 1580. The fourth-order valence-electron chi connectivity index (χ4n) is 3.19. The molecule has 0 aliphatic rings. The SMILES string of the molecule is CCOC(=O)c1ccncc1S(=O)(=O)c1ccc(Cl)cc1NS(=O)(=O)c1cc2ccccc2o1. The van der Waals surface area contributed by atoms with Gasteiger partial charge in [0.25, 0.3) is 10.0 Å². The number of esters is 1. The number of carbonyl (C=O) groups excluding carboxylic acids is 1. The van der Waals surface area contributed by atoms with Crippen molar-refractivity contribution in [2.45, 2.75) is 21.8 Å². The maximum atomic E-state index is 13.5. The van der Waals surface area contributed by atoms with Gasteiger partial charge in [0.05, 0.1) is 22.8 Å². The molecule has 12 heteroatoms. The van der Waals surface area contributed by atoms with Crippen LogP contribution in [0.25, 0.3) is 11.0 Å². The summed E-state index contributed by atoms with van der Waals surface area (Å²) >= 11 is 6.04. The molecular formula is C22H17ClN2O7S2. The molecule has 0 atom stereocenters. The molecule has 4 aromatic rings. The van der Waals surface area contributed by atoms with Gasteiger partial charge in [-0.1, -0.05) is 29.8 Å². The first-order chi connectivity index (χ1) is 16.1. The largest absolute Gasteiger partial charge is 0.462 e. The molecular weight excluding hydrogens is 504 g/mol. The van der Waals surface area contributed by atoms with Gasteiger partial charge in [0.15, 0.2) is 0 Å². The Morgan fingerprint density at radius 2 is 1.82 bits per heavy atom. The van der Waals surface area contributed by atoms with Crippen LogP contribution in [-0.2, 0) is 24.6 Å². The summed E-state index contributed by atoms with van der Waals surface area (Å²) in [5, 5.41) is 0.222. The van der Waals surface area contributed by atoms with E-state index >= 15 is 0 Å². The van der Waals surface area contributed by atoms with Crippen LogP contribution in [0.1, 0.15) is 17.3 Å². The van der Waals surface area contributed by atoms with Crippen molar-refractivity contribution in [3.63, 3.8) is 0 Å². The monoisotopic (exact) mass is 520 g/mol. The molecule has 2 aromatic heterocycles. The van der Waals surface area contributed by atoms with Crippen molar-refractivity contribution in [1.82, 2.24) is 4.98 Å². The number of rotatable bonds is 7. The average Bonchev–Trinajstić information content (AvgIpc) is 3.24. The van der Waals surface area contributed by atoms with E-state index < -0.39 is 40.7 Å². The first-order valence-electron chi connectivity index (χ1n) is 9.80. The zero-order valence-corrected chi connectivity index (χ0v) is 19.9. The maximum Gasteiger partial charge on any atom is 0.339 e. The maximum absolute atomic E-state index is 13.5. The number of sulfone groups is 1. The van der Waals surface area contributed by atoms with E-state index in [1.807, 2.05) is 0 Å². The second kappa shape index (κ2) is 9.09. The van der Waals surface area contributed by atoms with Crippen LogP contribution in [0, 0.1) is 0 Å². The molecule has 9 nitrogen and oxygen atoms in total. The lowest BCUT2D eigenvalue weighted by Crippen LogP contribution is -2.17. The van der Waals surface area contributed by atoms with Crippen molar-refractivity contribution in [2.24, 2.45) is 0 Å². The predicted molar refractivity (Wildman–Crippen MR) is 124 cm³/mol. The predicted octanol–water partition coefficient (Wildman–Crippen LogP) is 4.29. The first-order valence-corrected chi connectivity index (χ1v) is 13.1. The van der Waals surface area contributed by atoms with E-state index in [-0.39, 0.29) is 22.9 Å². The molecule has 176 valence electrons. The van der Waals surface area contributed by atoms with Gasteiger partial charge < -0.3 is 9.15 Å². The Labute approximate surface area is 200 Å². The van der Waals surface area contributed by atoms with Crippen LogP contribution in [0.15, 0.2) is 86.3 Å². The standard InChI is InChI=1S/C22H17ClN2O7S2/c1-2-31-22(26)16-9-10-24-13-20(16)33(27,28)19-8-7-15(23)12-17(19)25-34(29,30)21-11-14-5-3-4-6-18(14)32-21/h3-13,25H,2H2,1H3. The third kappa shape index (κ3) is 4.49. The van der Waals surface area contributed by atoms with Crippen LogP contribution in [0.5, 0.6) is 0 Å². The summed E-state index contributed by atoms with van der Waals surface area (Å²) in [4.78, 5) is 15.2. The lowest BCUT2D eigenvalue weighted by atomic mass is 10.3. The van der Waals surface area contributed by atoms with Crippen LogP contribution in [-0.4, -0.2) is 34.4 Å². The van der Waals surface area contributed by atoms with Crippen molar-refractivity contribution >= 4 is 54.1 Å². The van der Waals surface area contributed by atoms with Crippen LogP contribution in [0.3, 0.4) is 0 Å². The van der Waals surface area contributed by atoms with Crippen LogP contribution < -0.4 is 4.72 Å². The highest BCUT2D eigenvalue weighted by Gasteiger charge is 2.30. The van der Waals surface area contributed by atoms with Crippen molar-refractivity contribution in [2.75, 3.05) is 11.3 Å². The van der Waals surface area contributed by atoms with E-state index in [1.165, 1.54) is 24.4 Å². The van der Waals surface area contributed by atoms with Gasteiger partial charge >= 0.3 is 5.97 Å². The van der Waals surface area contributed by atoms with Crippen LogP contribution in [0.2, 0.25) is 5.02 Å². The molecule has 34 heavy (non-hydrogen) atoms. The number of nitrogens with zero attached hydrogens (tertiary/aromatic N) is 1. The van der Waals surface area contributed by atoms with Crippen molar-refractivity contribution in [3.8, 4) is 0 Å². The van der Waals surface area contributed by atoms with Crippen molar-refractivity contribution in [1.29, 1.82) is 0 Å². The lowest BCUT2D eigenvalue weighted by Gasteiger charge is -2.14. The van der Waals surface area contributed by atoms with Gasteiger partial charge in [-0.25, -0.2) is 13.2 Å². The van der Waals surface area contributed by atoms with Gasteiger partial charge in [-0.15, -0.1) is 0 Å². The van der Waals surface area contributed by atoms with Crippen molar-refractivity contribution < 1.29 is 30.8 Å². The molecule has 0 amide bonds. The fraction of sp³-hybridized carbons (Fsp3) is 0.0909. The smallest absolute Gasteiger partial charge is 0.339 e. The third-order valence-corrected chi connectivity index (χ3v) is 8.01. The Morgan fingerprint density at radius 3 is 2.56 bits per heavy atom. The highest BCUT2D eigenvalue weighted by atomic mass is 35.5. The number of aromatic nitrogens is 1. The molecule has 0 spiro atoms. The highest BCUT2D eigenvalue weighted by molar-refractivity contribution is 7.93. The number of fused-ring (bicyclic) bond motifs is 1. The zero-order valence-electron chi connectivity index (χ0n) is 17.6. The number of pyridine rings is 1. The molecule has 0 unspecified atom stereocenters. The molecule has 0 saturated carbocycles. The molecule has 0 bridgehead atoms. The normalized spacial score (nSPS) is 11.9. The highest BCUT2D eigenvalue weighted by Crippen LogP contribution is 2.33. The van der Waals surface area contributed by atoms with E-state index in [1.54, 1.807) is 31.2 Å². The Morgan fingerprint density at radius 1 is 1.06 bits per heavy atom. The van der Waals surface area contributed by atoms with Gasteiger partial charge in [-0.3, -0.25) is 9.71 Å². The Balaban J connectivity index is 1.81. The molecule has 1 N–H and O–H groups in total.